The van der Waals surface area contributed by atoms with E-state index in [1.165, 1.54) is 12.4 Å². The minimum atomic E-state index is -0.361. The van der Waals surface area contributed by atoms with Crippen LogP contribution < -0.4 is 10.6 Å². The van der Waals surface area contributed by atoms with Crippen LogP contribution in [0, 0.1) is 5.82 Å². The summed E-state index contributed by atoms with van der Waals surface area (Å²) in [7, 11) is 0. The number of para-hydroxylation sites is 1. The maximum Gasteiger partial charge on any atom is 0.207 e. The normalized spacial score (nSPS) is 10.3. The molecule has 0 atom stereocenters. The minimum absolute atomic E-state index is 0.306. The van der Waals surface area contributed by atoms with Gasteiger partial charge in [0.2, 0.25) is 6.41 Å². The lowest BCUT2D eigenvalue weighted by Crippen LogP contribution is -2.16. The predicted octanol–water partition coefficient (Wildman–Crippen LogP) is 1.32. The van der Waals surface area contributed by atoms with Gasteiger partial charge in [-0.25, -0.2) is 14.4 Å². The number of anilines is 1. The monoisotopic (exact) mass is 248 g/mol. The zero-order valence-electron chi connectivity index (χ0n) is 9.69. The Labute approximate surface area is 103 Å². The number of aromatic nitrogens is 2. The fourth-order valence-corrected chi connectivity index (χ4v) is 1.65. The third kappa shape index (κ3) is 2.71. The molecule has 0 aliphatic heterocycles. The van der Waals surface area contributed by atoms with Crippen LogP contribution in [0.25, 0.3) is 10.9 Å². The van der Waals surface area contributed by atoms with Gasteiger partial charge in [0.05, 0.1) is 0 Å². The molecule has 6 heteroatoms. The van der Waals surface area contributed by atoms with Gasteiger partial charge in [0.15, 0.2) is 0 Å². The Kier molecular flexibility index (Phi) is 4.01. The largest absolute Gasteiger partial charge is 0.369 e. The van der Waals surface area contributed by atoms with Crippen molar-refractivity contribution in [2.45, 2.75) is 6.42 Å². The van der Waals surface area contributed by atoms with Crippen LogP contribution in [0.1, 0.15) is 6.42 Å². The SMILES string of the molecule is O=CNCCCNc1ncnc2c(F)cccc12. The maximum atomic E-state index is 13.5. The van der Waals surface area contributed by atoms with E-state index in [0.717, 1.165) is 6.42 Å². The number of amides is 1. The molecule has 2 rings (SSSR count). The number of nitrogens with one attached hydrogen (secondary N) is 2. The van der Waals surface area contributed by atoms with Crippen LogP contribution in [0.2, 0.25) is 0 Å². The summed E-state index contributed by atoms with van der Waals surface area (Å²) in [6.07, 6.45) is 2.76. The second kappa shape index (κ2) is 5.90. The molecule has 0 saturated carbocycles. The molecule has 0 aliphatic rings. The number of benzene rings is 1. The first kappa shape index (κ1) is 12.2. The Morgan fingerprint density at radius 3 is 3.00 bits per heavy atom. The van der Waals surface area contributed by atoms with Crippen LogP contribution in [0.4, 0.5) is 10.2 Å². The number of rotatable bonds is 6. The van der Waals surface area contributed by atoms with E-state index in [4.69, 9.17) is 0 Å². The van der Waals surface area contributed by atoms with Crippen molar-refractivity contribution < 1.29 is 9.18 Å². The maximum absolute atomic E-state index is 13.5. The quantitative estimate of drug-likeness (QED) is 0.597. The third-order valence-electron chi connectivity index (χ3n) is 2.49. The van der Waals surface area contributed by atoms with Crippen LogP contribution in [0.3, 0.4) is 0 Å². The first-order valence-corrected chi connectivity index (χ1v) is 5.63. The molecule has 0 spiro atoms. The number of fused-ring (bicyclic) bond motifs is 1. The van der Waals surface area contributed by atoms with Gasteiger partial charge < -0.3 is 10.6 Å². The molecular weight excluding hydrogens is 235 g/mol. The van der Waals surface area contributed by atoms with Gasteiger partial charge in [0.25, 0.3) is 0 Å². The fourth-order valence-electron chi connectivity index (χ4n) is 1.65. The molecule has 2 N–H and O–H groups in total. The zero-order chi connectivity index (χ0) is 12.8. The molecule has 1 amide bonds. The molecule has 0 bridgehead atoms. The van der Waals surface area contributed by atoms with Crippen LogP contribution in [0.15, 0.2) is 24.5 Å². The third-order valence-corrected chi connectivity index (χ3v) is 2.49. The van der Waals surface area contributed by atoms with Crippen molar-refractivity contribution in [2.75, 3.05) is 18.4 Å². The van der Waals surface area contributed by atoms with Gasteiger partial charge in [-0.1, -0.05) is 6.07 Å². The lowest BCUT2D eigenvalue weighted by Gasteiger charge is -2.08. The Balaban J connectivity index is 2.09. The Bertz CT molecular complexity index is 547. The fraction of sp³-hybridized carbons (Fsp3) is 0.250. The van der Waals surface area contributed by atoms with Gasteiger partial charge in [-0.3, -0.25) is 4.79 Å². The van der Waals surface area contributed by atoms with Crippen molar-refractivity contribution in [3.63, 3.8) is 0 Å². The average molecular weight is 248 g/mol. The summed E-state index contributed by atoms with van der Waals surface area (Å²) in [5.41, 5.74) is 0.306. The van der Waals surface area contributed by atoms with E-state index in [2.05, 4.69) is 20.6 Å². The predicted molar refractivity (Wildman–Crippen MR) is 66.7 cm³/mol. The molecule has 0 radical (unpaired) electrons. The smallest absolute Gasteiger partial charge is 0.207 e. The Hall–Kier alpha value is -2.24. The van der Waals surface area contributed by atoms with E-state index in [1.807, 2.05) is 0 Å². The van der Waals surface area contributed by atoms with Gasteiger partial charge in [0.1, 0.15) is 23.5 Å². The van der Waals surface area contributed by atoms with Crippen molar-refractivity contribution in [1.82, 2.24) is 15.3 Å². The molecule has 0 saturated heterocycles. The van der Waals surface area contributed by atoms with Gasteiger partial charge in [0, 0.05) is 18.5 Å². The van der Waals surface area contributed by atoms with E-state index in [0.29, 0.717) is 36.2 Å². The van der Waals surface area contributed by atoms with Crippen molar-refractivity contribution in [3.8, 4) is 0 Å². The first-order valence-electron chi connectivity index (χ1n) is 5.63. The second-order valence-electron chi connectivity index (χ2n) is 3.71. The summed E-state index contributed by atoms with van der Waals surface area (Å²) in [4.78, 5) is 18.1. The molecule has 94 valence electrons. The van der Waals surface area contributed by atoms with Crippen molar-refractivity contribution in [3.05, 3.63) is 30.3 Å². The number of nitrogens with zero attached hydrogens (tertiary/aromatic N) is 2. The number of carbonyl (C=O) groups is 1. The molecule has 2 aromatic rings. The second-order valence-corrected chi connectivity index (χ2v) is 3.71. The highest BCUT2D eigenvalue weighted by Gasteiger charge is 2.06. The molecule has 1 aromatic carbocycles. The minimum Gasteiger partial charge on any atom is -0.369 e. The topological polar surface area (TPSA) is 66.9 Å². The molecule has 0 fully saturated rings. The van der Waals surface area contributed by atoms with Crippen LogP contribution in [-0.2, 0) is 4.79 Å². The molecule has 1 aromatic heterocycles. The Morgan fingerprint density at radius 2 is 2.17 bits per heavy atom. The van der Waals surface area contributed by atoms with E-state index >= 15 is 0 Å². The van der Waals surface area contributed by atoms with Crippen molar-refractivity contribution >= 4 is 23.1 Å². The highest BCUT2D eigenvalue weighted by molar-refractivity contribution is 5.89. The molecule has 0 aliphatic carbocycles. The Morgan fingerprint density at radius 1 is 1.28 bits per heavy atom. The summed E-state index contributed by atoms with van der Waals surface area (Å²) in [5, 5.41) is 6.32. The average Bonchev–Trinajstić information content (AvgIpc) is 2.39. The number of carbonyl (C=O) groups excluding carboxylic acids is 1. The van der Waals surface area contributed by atoms with E-state index in [1.54, 1.807) is 12.1 Å². The summed E-state index contributed by atoms with van der Waals surface area (Å²) in [6.45, 7) is 1.23. The van der Waals surface area contributed by atoms with Crippen molar-refractivity contribution in [1.29, 1.82) is 0 Å². The zero-order valence-corrected chi connectivity index (χ0v) is 9.69. The summed E-state index contributed by atoms with van der Waals surface area (Å²) < 4.78 is 13.5. The first-order chi connectivity index (χ1) is 8.83. The van der Waals surface area contributed by atoms with Crippen LogP contribution in [-0.4, -0.2) is 29.5 Å². The van der Waals surface area contributed by atoms with Gasteiger partial charge in [-0.15, -0.1) is 0 Å². The van der Waals surface area contributed by atoms with Gasteiger partial charge >= 0.3 is 0 Å². The lowest BCUT2D eigenvalue weighted by molar-refractivity contribution is -0.109. The summed E-state index contributed by atoms with van der Waals surface area (Å²) in [6, 6.07) is 4.76. The van der Waals surface area contributed by atoms with E-state index in [-0.39, 0.29) is 5.82 Å². The van der Waals surface area contributed by atoms with Crippen LogP contribution >= 0.6 is 0 Å². The van der Waals surface area contributed by atoms with Crippen LogP contribution in [0.5, 0.6) is 0 Å². The molecule has 1 heterocycles. The summed E-state index contributed by atoms with van der Waals surface area (Å²) in [5.74, 6) is 0.242. The van der Waals surface area contributed by atoms with Crippen molar-refractivity contribution in [2.24, 2.45) is 0 Å². The number of hydrogen-bond acceptors (Lipinski definition) is 4. The molecule has 0 unspecified atom stereocenters. The number of hydrogen-bond donors (Lipinski definition) is 2. The lowest BCUT2D eigenvalue weighted by atomic mass is 10.2. The van der Waals surface area contributed by atoms with E-state index < -0.39 is 0 Å². The molecule has 18 heavy (non-hydrogen) atoms. The van der Waals surface area contributed by atoms with Gasteiger partial charge in [-0.05, 0) is 18.6 Å². The van der Waals surface area contributed by atoms with Gasteiger partial charge in [-0.2, -0.15) is 0 Å². The molecular formula is C12H13FN4O. The molecule has 5 nitrogen and oxygen atoms in total. The highest BCUT2D eigenvalue weighted by atomic mass is 19.1. The standard InChI is InChI=1S/C12H13FN4O/c13-10-4-1-3-9-11(10)16-7-17-12(9)15-6-2-5-14-8-18/h1,3-4,7-8H,2,5-6H2,(H,14,18)(H,15,16,17). The van der Waals surface area contributed by atoms with E-state index in [9.17, 15) is 9.18 Å². The number of halogens is 1. The summed E-state index contributed by atoms with van der Waals surface area (Å²) >= 11 is 0. The highest BCUT2D eigenvalue weighted by Crippen LogP contribution is 2.20.